The number of fused-ring (bicyclic) bond motifs is 5. The number of alkyl halides is 2. The molecule has 0 radical (unpaired) electrons. The Morgan fingerprint density at radius 3 is 2.50 bits per heavy atom. The van der Waals surface area contributed by atoms with Gasteiger partial charge in [0.2, 0.25) is 0 Å². The van der Waals surface area contributed by atoms with E-state index in [1.165, 1.54) is 13.5 Å². The quantitative estimate of drug-likeness (QED) is 0.499. The van der Waals surface area contributed by atoms with Crippen molar-refractivity contribution < 1.29 is 18.3 Å². The number of hydrogen-bond acceptors (Lipinski definition) is 2. The van der Waals surface area contributed by atoms with E-state index in [2.05, 4.69) is 13.8 Å². The zero-order valence-corrected chi connectivity index (χ0v) is 17.9. The molecule has 0 N–H and O–H groups in total. The third kappa shape index (κ3) is 3.12. The summed E-state index contributed by atoms with van der Waals surface area (Å²) in [7, 11) is 1.43. The fourth-order valence-electron chi connectivity index (χ4n) is 8.36. The van der Waals surface area contributed by atoms with E-state index < -0.39 is 11.8 Å². The van der Waals surface area contributed by atoms with Crippen LogP contribution in [-0.2, 0) is 9.53 Å². The lowest BCUT2D eigenvalue weighted by Crippen LogP contribution is -2.60. The molecule has 0 aromatic carbocycles. The highest BCUT2D eigenvalue weighted by Crippen LogP contribution is 2.70. The van der Waals surface area contributed by atoms with Gasteiger partial charge in [-0.05, 0) is 85.9 Å². The maximum Gasteiger partial charge on any atom is 0.305 e. The largest absolute Gasteiger partial charge is 0.469 e. The summed E-state index contributed by atoms with van der Waals surface area (Å²) in [6, 6.07) is 0. The van der Waals surface area contributed by atoms with Gasteiger partial charge in [-0.25, -0.2) is 8.78 Å². The van der Waals surface area contributed by atoms with Crippen molar-refractivity contribution in [3.8, 4) is 0 Å². The van der Waals surface area contributed by atoms with Crippen LogP contribution in [0.5, 0.6) is 0 Å². The molecule has 4 saturated carbocycles. The Kier molecular flexibility index (Phi) is 5.32. The van der Waals surface area contributed by atoms with Gasteiger partial charge in [-0.2, -0.15) is 0 Å². The second kappa shape index (κ2) is 7.23. The van der Waals surface area contributed by atoms with E-state index in [4.69, 9.17) is 4.74 Å². The normalized spacial score (nSPS) is 47.0. The summed E-state index contributed by atoms with van der Waals surface area (Å²) in [5.41, 5.74) is 0.160. The Bertz CT molecular complexity index is 605. The second-order valence-corrected chi connectivity index (χ2v) is 10.9. The van der Waals surface area contributed by atoms with Crippen LogP contribution < -0.4 is 0 Å². The summed E-state index contributed by atoms with van der Waals surface area (Å²) in [6.45, 7) is 4.66. The van der Waals surface area contributed by atoms with E-state index >= 15 is 8.78 Å². The van der Waals surface area contributed by atoms with Gasteiger partial charge in [0.1, 0.15) is 0 Å². The molecule has 0 spiro atoms. The molecule has 0 heterocycles. The Balaban J connectivity index is 1.54. The summed E-state index contributed by atoms with van der Waals surface area (Å²) in [4.78, 5) is 11.5. The molecule has 0 aromatic rings. The molecular formula is C24H38F2O2. The number of ether oxygens (including phenoxy) is 1. The van der Waals surface area contributed by atoms with Crippen LogP contribution in [0.1, 0.15) is 90.9 Å². The maximum atomic E-state index is 15.6. The highest BCUT2D eigenvalue weighted by atomic mass is 19.3. The first-order chi connectivity index (χ1) is 13.2. The average Bonchev–Trinajstić information content (AvgIpc) is 2.98. The van der Waals surface area contributed by atoms with Crippen molar-refractivity contribution in [2.45, 2.75) is 96.8 Å². The number of halogens is 2. The number of carbonyl (C=O) groups excluding carboxylic acids is 1. The van der Waals surface area contributed by atoms with Crippen molar-refractivity contribution in [1.29, 1.82) is 0 Å². The number of esters is 1. The van der Waals surface area contributed by atoms with Gasteiger partial charge in [-0.3, -0.25) is 4.79 Å². The molecule has 4 fully saturated rings. The molecule has 2 nitrogen and oxygen atoms in total. The Morgan fingerprint density at radius 1 is 1.00 bits per heavy atom. The van der Waals surface area contributed by atoms with Crippen LogP contribution in [-0.4, -0.2) is 19.0 Å². The van der Waals surface area contributed by atoms with E-state index in [-0.39, 0.29) is 41.0 Å². The summed E-state index contributed by atoms with van der Waals surface area (Å²) < 4.78 is 35.9. The van der Waals surface area contributed by atoms with Crippen molar-refractivity contribution in [3.63, 3.8) is 0 Å². The third-order valence-corrected chi connectivity index (χ3v) is 9.93. The molecule has 4 aliphatic rings. The Labute approximate surface area is 169 Å². The molecule has 0 saturated heterocycles. The summed E-state index contributed by atoms with van der Waals surface area (Å²) in [6.07, 6.45) is 11.0. The van der Waals surface area contributed by atoms with Crippen LogP contribution >= 0.6 is 0 Å². The molecule has 160 valence electrons. The van der Waals surface area contributed by atoms with E-state index in [9.17, 15) is 4.79 Å². The molecule has 0 bridgehead atoms. The van der Waals surface area contributed by atoms with Crippen molar-refractivity contribution in [3.05, 3.63) is 0 Å². The van der Waals surface area contributed by atoms with Crippen molar-refractivity contribution in [1.82, 2.24) is 0 Å². The Morgan fingerprint density at radius 2 is 1.75 bits per heavy atom. The molecule has 6 unspecified atom stereocenters. The first-order valence-corrected chi connectivity index (χ1v) is 11.7. The van der Waals surface area contributed by atoms with Gasteiger partial charge in [-0.15, -0.1) is 0 Å². The minimum atomic E-state index is -2.50. The van der Waals surface area contributed by atoms with Crippen molar-refractivity contribution in [2.75, 3.05) is 7.11 Å². The fraction of sp³-hybridized carbons (Fsp3) is 0.958. The molecule has 4 heteroatoms. The van der Waals surface area contributed by atoms with Crippen LogP contribution in [0.25, 0.3) is 0 Å². The van der Waals surface area contributed by atoms with E-state index in [1.807, 2.05) is 0 Å². The highest BCUT2D eigenvalue weighted by molar-refractivity contribution is 5.68. The van der Waals surface area contributed by atoms with Crippen molar-refractivity contribution >= 4 is 5.97 Å². The minimum Gasteiger partial charge on any atom is -0.469 e. The summed E-state index contributed by atoms with van der Waals surface area (Å²) >= 11 is 0. The predicted molar refractivity (Wildman–Crippen MR) is 106 cm³/mol. The SMILES string of the molecule is COC(=O)CCCC1CCC2C3C(CCC12C)[C@@]1(C)CCCCC1CC3(F)F. The third-order valence-electron chi connectivity index (χ3n) is 9.93. The van der Waals surface area contributed by atoms with Gasteiger partial charge in [0, 0.05) is 18.8 Å². The van der Waals surface area contributed by atoms with Gasteiger partial charge >= 0.3 is 5.97 Å². The van der Waals surface area contributed by atoms with Gasteiger partial charge < -0.3 is 4.74 Å². The zero-order chi connectivity index (χ0) is 20.2. The number of carbonyl (C=O) groups is 1. The summed E-state index contributed by atoms with van der Waals surface area (Å²) in [5, 5.41) is 0. The van der Waals surface area contributed by atoms with E-state index in [0.29, 0.717) is 12.3 Å². The monoisotopic (exact) mass is 396 g/mol. The van der Waals surface area contributed by atoms with Crippen LogP contribution in [0.2, 0.25) is 0 Å². The standard InChI is InChI=1S/C24H38F2O2/c1-22-13-5-4-7-17(22)15-24(25,26)21-18-11-10-16(8-6-9-20(27)28-3)23(18,2)14-12-19(21)22/h16-19,21H,4-15H2,1-3H3/t16?,17?,18?,19?,21?,22-,23?/m0/s1. The van der Waals surface area contributed by atoms with Gasteiger partial charge in [0.25, 0.3) is 5.92 Å². The van der Waals surface area contributed by atoms with E-state index in [1.54, 1.807) is 0 Å². The maximum absolute atomic E-state index is 15.6. The fourth-order valence-corrected chi connectivity index (χ4v) is 8.36. The molecule has 0 aliphatic heterocycles. The molecule has 0 amide bonds. The smallest absolute Gasteiger partial charge is 0.305 e. The van der Waals surface area contributed by atoms with Crippen molar-refractivity contribution in [2.24, 2.45) is 40.4 Å². The number of rotatable bonds is 4. The van der Waals surface area contributed by atoms with Crippen LogP contribution in [0, 0.1) is 40.4 Å². The molecular weight excluding hydrogens is 358 g/mol. The molecule has 28 heavy (non-hydrogen) atoms. The van der Waals surface area contributed by atoms with Crippen LogP contribution in [0.4, 0.5) is 8.78 Å². The topological polar surface area (TPSA) is 26.3 Å². The molecule has 7 atom stereocenters. The minimum absolute atomic E-state index is 0.0264. The van der Waals surface area contributed by atoms with Crippen LogP contribution in [0.15, 0.2) is 0 Å². The lowest BCUT2D eigenvalue weighted by molar-refractivity contribution is -0.231. The van der Waals surface area contributed by atoms with Crippen LogP contribution in [0.3, 0.4) is 0 Å². The first kappa shape index (κ1) is 20.6. The number of methoxy groups -OCH3 is 1. The predicted octanol–water partition coefficient (Wildman–Crippen LogP) is 6.62. The van der Waals surface area contributed by atoms with E-state index in [0.717, 1.165) is 57.8 Å². The Hall–Kier alpha value is -0.670. The lowest BCUT2D eigenvalue weighted by Gasteiger charge is -2.62. The first-order valence-electron chi connectivity index (χ1n) is 11.7. The molecule has 0 aromatic heterocycles. The van der Waals surface area contributed by atoms with Gasteiger partial charge in [0.05, 0.1) is 7.11 Å². The molecule has 4 aliphatic carbocycles. The van der Waals surface area contributed by atoms with Gasteiger partial charge in [-0.1, -0.05) is 26.7 Å². The second-order valence-electron chi connectivity index (χ2n) is 10.9. The molecule has 4 rings (SSSR count). The van der Waals surface area contributed by atoms with Gasteiger partial charge in [0.15, 0.2) is 0 Å². The number of hydrogen-bond donors (Lipinski definition) is 0. The zero-order valence-electron chi connectivity index (χ0n) is 17.9. The average molecular weight is 397 g/mol. The lowest BCUT2D eigenvalue weighted by atomic mass is 9.44. The highest BCUT2D eigenvalue weighted by Gasteiger charge is 2.67. The summed E-state index contributed by atoms with van der Waals surface area (Å²) in [5.74, 6) is -2.01.